The monoisotopic (exact) mass is 381 g/mol. The third-order valence-electron chi connectivity index (χ3n) is 2.15. The summed E-state index contributed by atoms with van der Waals surface area (Å²) in [6, 6.07) is 1.31. The Morgan fingerprint density at radius 1 is 1.15 bits per heavy atom. The van der Waals surface area contributed by atoms with Crippen LogP contribution in [0.5, 0.6) is 0 Å². The largest absolute Gasteiger partial charge is 0.389 e. The van der Waals surface area contributed by atoms with Gasteiger partial charge in [0.2, 0.25) is 10.0 Å². The summed E-state index contributed by atoms with van der Waals surface area (Å²) in [5.74, 6) is -2.79. The highest BCUT2D eigenvalue weighted by Gasteiger charge is 2.27. The summed E-state index contributed by atoms with van der Waals surface area (Å²) < 4.78 is 86.6. The van der Waals surface area contributed by atoms with E-state index in [9.17, 15) is 30.4 Å². The van der Waals surface area contributed by atoms with Crippen LogP contribution in [0.2, 0.25) is 0 Å². The van der Waals surface area contributed by atoms with E-state index in [1.165, 1.54) is 0 Å². The van der Waals surface area contributed by atoms with Crippen LogP contribution in [0.3, 0.4) is 0 Å². The smallest absolute Gasteiger partial charge is 0.280 e. The number of hydrogen-bond acceptors (Lipinski definition) is 2. The van der Waals surface area contributed by atoms with Gasteiger partial charge in [0.1, 0.15) is 11.6 Å². The predicted octanol–water partition coefficient (Wildman–Crippen LogP) is 3.81. The molecule has 0 heterocycles. The van der Waals surface area contributed by atoms with E-state index in [0.717, 1.165) is 0 Å². The fourth-order valence-electron chi connectivity index (χ4n) is 1.28. The fourth-order valence-corrected chi connectivity index (χ4v) is 2.72. The summed E-state index contributed by atoms with van der Waals surface area (Å²) >= 11 is 2.71. The molecule has 0 aliphatic carbocycles. The van der Waals surface area contributed by atoms with Crippen molar-refractivity contribution >= 4 is 31.6 Å². The van der Waals surface area contributed by atoms with Gasteiger partial charge in [0.25, 0.3) is 0 Å². The quantitative estimate of drug-likeness (QED) is 0.622. The minimum absolute atomic E-state index is 0.199. The second-order valence-corrected chi connectivity index (χ2v) is 6.58. The van der Waals surface area contributed by atoms with Gasteiger partial charge in [-0.2, -0.15) is 13.2 Å². The van der Waals surface area contributed by atoms with Crippen molar-refractivity contribution < 1.29 is 30.4 Å². The number of rotatable bonds is 5. The van der Waals surface area contributed by atoms with Gasteiger partial charge >= 0.3 is 6.18 Å². The summed E-state index contributed by atoms with van der Waals surface area (Å²) in [6.07, 6.45) is -6.41. The highest BCUT2D eigenvalue weighted by molar-refractivity contribution is 9.10. The summed E-state index contributed by atoms with van der Waals surface area (Å²) in [7, 11) is -4.18. The highest BCUT2D eigenvalue weighted by Crippen LogP contribution is 2.25. The number of benzene rings is 1. The van der Waals surface area contributed by atoms with E-state index in [1.807, 2.05) is 0 Å². The molecule has 20 heavy (non-hydrogen) atoms. The van der Waals surface area contributed by atoms with E-state index in [4.69, 9.17) is 0 Å². The number of hydrogen-bond donors (Lipinski definition) is 1. The molecule has 0 radical (unpaired) electrons. The fraction of sp³-hybridized carbons (Fsp3) is 0.400. The molecule has 1 N–H and O–H groups in total. The number of nitrogens with one attached hydrogen (secondary N) is 1. The molecule has 0 saturated carbocycles. The number of anilines is 1. The molecule has 0 spiro atoms. The normalized spacial score (nSPS) is 12.5. The molecule has 0 aromatic heterocycles. The van der Waals surface area contributed by atoms with Crippen LogP contribution >= 0.6 is 15.9 Å². The van der Waals surface area contributed by atoms with Gasteiger partial charge in [0.05, 0.1) is 15.9 Å². The Morgan fingerprint density at radius 2 is 1.75 bits per heavy atom. The molecular weight excluding hydrogens is 373 g/mol. The molecule has 0 aliphatic heterocycles. The molecular formula is C10H9BrF5NO2S. The second kappa shape index (κ2) is 6.25. The maximum atomic E-state index is 13.4. The Kier molecular flexibility index (Phi) is 5.36. The molecule has 0 amide bonds. The number of halogens is 6. The first kappa shape index (κ1) is 17.2. The summed E-state index contributed by atoms with van der Waals surface area (Å²) in [4.78, 5) is 0. The Balaban J connectivity index is 2.74. The zero-order valence-corrected chi connectivity index (χ0v) is 12.2. The summed E-state index contributed by atoms with van der Waals surface area (Å²) in [6.45, 7) is 0. The van der Waals surface area contributed by atoms with Crippen LogP contribution in [0.1, 0.15) is 12.8 Å². The van der Waals surface area contributed by atoms with Crippen LogP contribution in [0.15, 0.2) is 16.6 Å². The first-order valence-corrected chi connectivity index (χ1v) is 7.66. The SMILES string of the molecule is O=S(=O)(CCCC(F)(F)F)Nc1cc(F)c(Br)cc1F. The van der Waals surface area contributed by atoms with Crippen LogP contribution < -0.4 is 4.72 Å². The maximum absolute atomic E-state index is 13.4. The average molecular weight is 382 g/mol. The van der Waals surface area contributed by atoms with Gasteiger partial charge in [-0.15, -0.1) is 0 Å². The zero-order valence-electron chi connectivity index (χ0n) is 9.77. The minimum atomic E-state index is -4.47. The second-order valence-electron chi connectivity index (χ2n) is 3.89. The summed E-state index contributed by atoms with van der Waals surface area (Å²) in [5, 5.41) is 0. The maximum Gasteiger partial charge on any atom is 0.389 e. The average Bonchev–Trinajstić information content (AvgIpc) is 2.23. The van der Waals surface area contributed by atoms with Gasteiger partial charge in [0.15, 0.2) is 0 Å². The molecule has 0 saturated heterocycles. The van der Waals surface area contributed by atoms with Crippen LogP contribution in [0, 0.1) is 11.6 Å². The lowest BCUT2D eigenvalue weighted by Crippen LogP contribution is -2.19. The van der Waals surface area contributed by atoms with E-state index < -0.39 is 52.1 Å². The Hall–Kier alpha value is -0.900. The van der Waals surface area contributed by atoms with Crippen LogP contribution in [-0.2, 0) is 10.0 Å². The molecule has 1 aromatic rings. The van der Waals surface area contributed by atoms with Crippen molar-refractivity contribution in [2.24, 2.45) is 0 Å². The van der Waals surface area contributed by atoms with E-state index in [2.05, 4.69) is 15.9 Å². The third-order valence-corrected chi connectivity index (χ3v) is 4.11. The van der Waals surface area contributed by atoms with Crippen molar-refractivity contribution in [3.05, 3.63) is 28.2 Å². The lowest BCUT2D eigenvalue weighted by Gasteiger charge is -2.10. The number of alkyl halides is 3. The van der Waals surface area contributed by atoms with Crippen molar-refractivity contribution in [1.29, 1.82) is 0 Å². The number of sulfonamides is 1. The van der Waals surface area contributed by atoms with Crippen molar-refractivity contribution in [1.82, 2.24) is 0 Å². The van der Waals surface area contributed by atoms with E-state index >= 15 is 0 Å². The van der Waals surface area contributed by atoms with E-state index in [0.29, 0.717) is 12.1 Å². The van der Waals surface area contributed by atoms with Crippen LogP contribution in [0.25, 0.3) is 0 Å². The standard InChI is InChI=1S/C10H9BrF5NO2S/c11-6-4-8(13)9(5-7(6)12)17-20(18,19)3-1-2-10(14,15)16/h4-5,17H,1-3H2. The van der Waals surface area contributed by atoms with Gasteiger partial charge in [-0.25, -0.2) is 17.2 Å². The Bertz CT molecular complexity index is 588. The first-order chi connectivity index (χ1) is 9.00. The van der Waals surface area contributed by atoms with Gasteiger partial charge in [0, 0.05) is 12.5 Å². The summed E-state index contributed by atoms with van der Waals surface area (Å²) in [5.41, 5.74) is -0.655. The molecule has 0 fully saturated rings. The van der Waals surface area contributed by atoms with Gasteiger partial charge in [-0.1, -0.05) is 0 Å². The third kappa shape index (κ3) is 5.61. The van der Waals surface area contributed by atoms with Crippen molar-refractivity contribution in [2.75, 3.05) is 10.5 Å². The molecule has 3 nitrogen and oxygen atoms in total. The van der Waals surface area contributed by atoms with Crippen molar-refractivity contribution in [3.63, 3.8) is 0 Å². The van der Waals surface area contributed by atoms with Crippen molar-refractivity contribution in [2.45, 2.75) is 19.0 Å². The van der Waals surface area contributed by atoms with Crippen LogP contribution in [0.4, 0.5) is 27.6 Å². The molecule has 0 aliphatic rings. The van der Waals surface area contributed by atoms with E-state index in [1.54, 1.807) is 4.72 Å². The topological polar surface area (TPSA) is 46.2 Å². The molecule has 114 valence electrons. The van der Waals surface area contributed by atoms with Gasteiger partial charge in [-0.05, 0) is 28.4 Å². The highest BCUT2D eigenvalue weighted by atomic mass is 79.9. The van der Waals surface area contributed by atoms with E-state index in [-0.39, 0.29) is 4.47 Å². The molecule has 0 atom stereocenters. The Morgan fingerprint density at radius 3 is 2.30 bits per heavy atom. The zero-order chi connectivity index (χ0) is 15.6. The molecule has 1 aromatic carbocycles. The van der Waals surface area contributed by atoms with Crippen molar-refractivity contribution in [3.8, 4) is 0 Å². The van der Waals surface area contributed by atoms with Gasteiger partial charge in [-0.3, -0.25) is 4.72 Å². The van der Waals surface area contributed by atoms with Gasteiger partial charge < -0.3 is 0 Å². The predicted molar refractivity (Wildman–Crippen MR) is 66.8 cm³/mol. The van der Waals surface area contributed by atoms with Crippen LogP contribution in [-0.4, -0.2) is 20.3 Å². The molecule has 0 unspecified atom stereocenters. The Labute approximate surface area is 120 Å². The molecule has 0 bridgehead atoms. The first-order valence-electron chi connectivity index (χ1n) is 5.22. The lowest BCUT2D eigenvalue weighted by atomic mass is 10.3. The molecule has 1 rings (SSSR count). The molecule has 10 heteroatoms. The minimum Gasteiger partial charge on any atom is -0.280 e. The lowest BCUT2D eigenvalue weighted by molar-refractivity contribution is -0.134.